The van der Waals surface area contributed by atoms with Crippen LogP contribution >= 0.6 is 23.2 Å². The van der Waals surface area contributed by atoms with Crippen molar-refractivity contribution in [2.24, 2.45) is 17.8 Å². The number of halogens is 2. The van der Waals surface area contributed by atoms with E-state index < -0.39 is 41.9 Å². The second-order valence-corrected chi connectivity index (χ2v) is 8.76. The standard InChI is InChI=1S/C24H20Cl2N2O4/c1-14-5-4-7-18-21(14)24(32)28(23(18)31)27(22(30)17-6-2-3-8-19(17)26)13-20(29)15-9-11-16(25)12-10-15/h2-6,8-12,14,18,21H,7,13H2,1H3/t14-,18-,21+/m1/s1. The van der Waals surface area contributed by atoms with Crippen LogP contribution < -0.4 is 0 Å². The van der Waals surface area contributed by atoms with Gasteiger partial charge in [0.1, 0.15) is 6.54 Å². The van der Waals surface area contributed by atoms with E-state index in [0.717, 1.165) is 10.0 Å². The summed E-state index contributed by atoms with van der Waals surface area (Å²) in [5, 5.41) is 2.39. The van der Waals surface area contributed by atoms with Crippen LogP contribution in [0, 0.1) is 17.8 Å². The van der Waals surface area contributed by atoms with Gasteiger partial charge in [0.15, 0.2) is 5.78 Å². The van der Waals surface area contributed by atoms with Crippen LogP contribution in [0.1, 0.15) is 34.1 Å². The Morgan fingerprint density at radius 1 is 1.03 bits per heavy atom. The Morgan fingerprint density at radius 3 is 2.38 bits per heavy atom. The lowest BCUT2D eigenvalue weighted by atomic mass is 9.78. The first-order valence-corrected chi connectivity index (χ1v) is 10.9. The molecule has 164 valence electrons. The number of allylic oxidation sites excluding steroid dienone is 2. The number of hydrogen-bond donors (Lipinski definition) is 0. The summed E-state index contributed by atoms with van der Waals surface area (Å²) in [6, 6.07) is 12.5. The molecule has 4 rings (SSSR count). The molecule has 8 heteroatoms. The number of benzene rings is 2. The molecule has 1 heterocycles. The van der Waals surface area contributed by atoms with Crippen molar-refractivity contribution in [3.8, 4) is 0 Å². The molecule has 32 heavy (non-hydrogen) atoms. The zero-order valence-electron chi connectivity index (χ0n) is 17.2. The van der Waals surface area contributed by atoms with Crippen LogP contribution in [0.4, 0.5) is 0 Å². The van der Waals surface area contributed by atoms with Gasteiger partial charge in [0.2, 0.25) is 0 Å². The van der Waals surface area contributed by atoms with E-state index in [1.54, 1.807) is 24.3 Å². The average molecular weight is 471 g/mol. The third-order valence-corrected chi connectivity index (χ3v) is 6.47. The predicted molar refractivity (Wildman–Crippen MR) is 120 cm³/mol. The van der Waals surface area contributed by atoms with Gasteiger partial charge >= 0.3 is 0 Å². The number of ketones is 1. The number of imide groups is 1. The van der Waals surface area contributed by atoms with E-state index in [1.165, 1.54) is 24.3 Å². The highest BCUT2D eigenvalue weighted by molar-refractivity contribution is 6.34. The highest BCUT2D eigenvalue weighted by atomic mass is 35.5. The summed E-state index contributed by atoms with van der Waals surface area (Å²) in [5.41, 5.74) is 0.401. The second kappa shape index (κ2) is 8.88. The molecule has 0 aromatic heterocycles. The van der Waals surface area contributed by atoms with Crippen LogP contribution in [-0.2, 0) is 9.59 Å². The number of carbonyl (C=O) groups excluding carboxylic acids is 4. The lowest BCUT2D eigenvalue weighted by molar-refractivity contribution is -0.154. The maximum Gasteiger partial charge on any atom is 0.274 e. The zero-order chi connectivity index (χ0) is 23.0. The Morgan fingerprint density at radius 2 is 1.72 bits per heavy atom. The number of Topliss-reactive ketones (excluding diaryl/α,β-unsaturated/α-hetero) is 1. The zero-order valence-corrected chi connectivity index (χ0v) is 18.7. The Hall–Kier alpha value is -2.96. The van der Waals surface area contributed by atoms with Gasteiger partial charge in [-0.2, -0.15) is 5.01 Å². The van der Waals surface area contributed by atoms with Crippen LogP contribution in [0.5, 0.6) is 0 Å². The van der Waals surface area contributed by atoms with E-state index in [4.69, 9.17) is 23.2 Å². The van der Waals surface area contributed by atoms with Crippen molar-refractivity contribution in [2.45, 2.75) is 13.3 Å². The molecule has 0 saturated carbocycles. The third-order valence-electron chi connectivity index (χ3n) is 5.89. The lowest BCUT2D eigenvalue weighted by Crippen LogP contribution is -2.52. The van der Waals surface area contributed by atoms with Gasteiger partial charge in [0, 0.05) is 10.6 Å². The van der Waals surface area contributed by atoms with Crippen molar-refractivity contribution in [1.82, 2.24) is 10.0 Å². The van der Waals surface area contributed by atoms with Gasteiger partial charge in [0.05, 0.1) is 22.4 Å². The van der Waals surface area contributed by atoms with Gasteiger partial charge in [0.25, 0.3) is 17.7 Å². The molecule has 0 radical (unpaired) electrons. The Kier molecular flexibility index (Phi) is 6.17. The molecule has 0 bridgehead atoms. The molecule has 1 aliphatic heterocycles. The third kappa shape index (κ3) is 3.96. The van der Waals surface area contributed by atoms with E-state index in [2.05, 4.69) is 0 Å². The first-order valence-electron chi connectivity index (χ1n) is 10.2. The molecule has 1 saturated heterocycles. The highest BCUT2D eigenvalue weighted by Gasteiger charge is 2.53. The van der Waals surface area contributed by atoms with Crippen molar-refractivity contribution < 1.29 is 19.2 Å². The Balaban J connectivity index is 1.72. The highest BCUT2D eigenvalue weighted by Crippen LogP contribution is 2.39. The van der Waals surface area contributed by atoms with E-state index in [0.29, 0.717) is 17.0 Å². The van der Waals surface area contributed by atoms with E-state index in [-0.39, 0.29) is 16.5 Å². The molecule has 1 fully saturated rings. The fraction of sp³-hybridized carbons (Fsp3) is 0.250. The molecule has 1 aliphatic carbocycles. The molecule has 3 atom stereocenters. The second-order valence-electron chi connectivity index (χ2n) is 7.92. The summed E-state index contributed by atoms with van der Waals surface area (Å²) in [7, 11) is 0. The van der Waals surface area contributed by atoms with Crippen LogP contribution in [-0.4, -0.2) is 40.1 Å². The van der Waals surface area contributed by atoms with Crippen molar-refractivity contribution in [3.05, 3.63) is 81.9 Å². The molecule has 2 aromatic rings. The minimum absolute atomic E-state index is 0.0970. The largest absolute Gasteiger partial charge is 0.292 e. The average Bonchev–Trinajstić information content (AvgIpc) is 3.03. The topological polar surface area (TPSA) is 74.8 Å². The van der Waals surface area contributed by atoms with Crippen molar-refractivity contribution in [2.75, 3.05) is 6.54 Å². The van der Waals surface area contributed by atoms with E-state index in [9.17, 15) is 19.2 Å². The number of rotatable bonds is 5. The minimum Gasteiger partial charge on any atom is -0.292 e. The van der Waals surface area contributed by atoms with Gasteiger partial charge in [-0.15, -0.1) is 0 Å². The molecule has 2 aromatic carbocycles. The number of carbonyl (C=O) groups is 4. The minimum atomic E-state index is -0.695. The van der Waals surface area contributed by atoms with Crippen LogP contribution in [0.15, 0.2) is 60.7 Å². The Labute approximate surface area is 195 Å². The van der Waals surface area contributed by atoms with Gasteiger partial charge in [-0.05, 0) is 48.7 Å². The smallest absolute Gasteiger partial charge is 0.274 e. The Bertz CT molecular complexity index is 1130. The van der Waals surface area contributed by atoms with Crippen molar-refractivity contribution in [3.63, 3.8) is 0 Å². The fourth-order valence-corrected chi connectivity index (χ4v) is 4.58. The molecule has 0 spiro atoms. The quantitative estimate of drug-likeness (QED) is 0.368. The lowest BCUT2D eigenvalue weighted by Gasteiger charge is -2.30. The number of hydrazine groups is 1. The first-order chi connectivity index (χ1) is 15.3. The summed E-state index contributed by atoms with van der Waals surface area (Å²) in [4.78, 5) is 53.0. The van der Waals surface area contributed by atoms with Crippen LogP contribution in [0.2, 0.25) is 10.0 Å². The molecule has 0 N–H and O–H groups in total. The molecular weight excluding hydrogens is 451 g/mol. The summed E-state index contributed by atoms with van der Waals surface area (Å²) < 4.78 is 0. The maximum absolute atomic E-state index is 13.5. The van der Waals surface area contributed by atoms with Gasteiger partial charge in [-0.25, -0.2) is 5.01 Å². The van der Waals surface area contributed by atoms with Crippen molar-refractivity contribution >= 4 is 46.7 Å². The SMILES string of the molecule is C[C@@H]1C=CC[C@H]2C(=O)N(N(CC(=O)c3ccc(Cl)cc3)C(=O)c3ccccc3Cl)C(=O)[C@@H]12. The summed E-state index contributed by atoms with van der Waals surface area (Å²) >= 11 is 12.1. The predicted octanol–water partition coefficient (Wildman–Crippen LogP) is 4.43. The number of hydrogen-bond acceptors (Lipinski definition) is 4. The number of fused-ring (bicyclic) bond motifs is 1. The van der Waals surface area contributed by atoms with Gasteiger partial charge < -0.3 is 0 Å². The normalized spacial score (nSPS) is 22.1. The number of amides is 3. The van der Waals surface area contributed by atoms with E-state index >= 15 is 0 Å². The van der Waals surface area contributed by atoms with Crippen LogP contribution in [0.25, 0.3) is 0 Å². The monoisotopic (exact) mass is 470 g/mol. The fourth-order valence-electron chi connectivity index (χ4n) is 4.24. The van der Waals surface area contributed by atoms with Gasteiger partial charge in [-0.3, -0.25) is 19.2 Å². The number of nitrogens with zero attached hydrogens (tertiary/aromatic N) is 2. The van der Waals surface area contributed by atoms with Crippen LogP contribution in [0.3, 0.4) is 0 Å². The molecular formula is C24H20Cl2N2O4. The summed E-state index contributed by atoms with van der Waals surface area (Å²) in [5.74, 6) is -3.39. The summed E-state index contributed by atoms with van der Waals surface area (Å²) in [6.45, 7) is 1.37. The first kappa shape index (κ1) is 22.2. The molecule has 2 aliphatic rings. The van der Waals surface area contributed by atoms with E-state index in [1.807, 2.05) is 19.1 Å². The van der Waals surface area contributed by atoms with Crippen molar-refractivity contribution in [1.29, 1.82) is 0 Å². The molecule has 0 unspecified atom stereocenters. The summed E-state index contributed by atoms with van der Waals surface area (Å²) in [6.07, 6.45) is 4.18. The van der Waals surface area contributed by atoms with Gasteiger partial charge in [-0.1, -0.05) is 54.4 Å². The molecule has 3 amide bonds. The maximum atomic E-state index is 13.5. The molecule has 6 nitrogen and oxygen atoms in total.